The van der Waals surface area contributed by atoms with E-state index in [1.54, 1.807) is 6.07 Å². The average molecular weight is 316 g/mol. The summed E-state index contributed by atoms with van der Waals surface area (Å²) in [5.74, 6) is -1.45. The first-order valence-electron chi connectivity index (χ1n) is 6.78. The molecule has 0 saturated carbocycles. The molecule has 0 heterocycles. The quantitative estimate of drug-likeness (QED) is 0.645. The van der Waals surface area contributed by atoms with Crippen LogP contribution >= 0.6 is 12.4 Å². The highest BCUT2D eigenvalue weighted by molar-refractivity contribution is 5.94. The Kier molecular flexibility index (Phi) is 7.81. The van der Waals surface area contributed by atoms with Crippen LogP contribution in [0.2, 0.25) is 0 Å². The van der Waals surface area contributed by atoms with E-state index < -0.39 is 11.9 Å². The van der Waals surface area contributed by atoms with Crippen LogP contribution in [0.4, 0.5) is 5.69 Å². The van der Waals surface area contributed by atoms with E-state index in [2.05, 4.69) is 4.90 Å². The predicted octanol–water partition coefficient (Wildman–Crippen LogP) is 3.14. The van der Waals surface area contributed by atoms with E-state index in [9.17, 15) is 14.7 Å². The molecule has 118 valence electrons. The molecule has 0 unspecified atom stereocenters. The van der Waals surface area contributed by atoms with E-state index in [1.165, 1.54) is 13.0 Å². The highest BCUT2D eigenvalue weighted by Crippen LogP contribution is 2.34. The van der Waals surface area contributed by atoms with Gasteiger partial charge in [-0.3, -0.25) is 4.79 Å². The topological polar surface area (TPSA) is 66.8 Å². The highest BCUT2D eigenvalue weighted by atomic mass is 35.5. The molecule has 1 aromatic rings. The molecule has 0 saturated heterocycles. The number of hydrogen-bond donors (Lipinski definition) is 1. The van der Waals surface area contributed by atoms with Crippen molar-refractivity contribution in [1.82, 2.24) is 0 Å². The van der Waals surface area contributed by atoms with Crippen molar-refractivity contribution in [1.29, 1.82) is 0 Å². The van der Waals surface area contributed by atoms with Crippen LogP contribution in [0.25, 0.3) is 0 Å². The molecule has 0 aliphatic heterocycles. The standard InChI is InChI=1S/C15H21NO4.ClH/c1-5-11-13(16(6-2)7-3)9-8-12(15(18)19)14(11)20-10(4)17;/h8-9H,5-7H2,1-4H3,(H,18,19);1H. The minimum atomic E-state index is -1.10. The first-order chi connectivity index (χ1) is 9.46. The minimum absolute atomic E-state index is 0. The summed E-state index contributed by atoms with van der Waals surface area (Å²) in [6.07, 6.45) is 0.593. The molecule has 6 heteroatoms. The lowest BCUT2D eigenvalue weighted by atomic mass is 10.0. The molecular formula is C15H22ClNO4. The molecule has 0 radical (unpaired) electrons. The summed E-state index contributed by atoms with van der Waals surface area (Å²) in [6, 6.07) is 3.27. The zero-order valence-electron chi connectivity index (χ0n) is 12.8. The van der Waals surface area contributed by atoms with Crippen LogP contribution in [-0.2, 0) is 11.2 Å². The van der Waals surface area contributed by atoms with E-state index >= 15 is 0 Å². The van der Waals surface area contributed by atoms with Crippen molar-refractivity contribution in [2.75, 3.05) is 18.0 Å². The van der Waals surface area contributed by atoms with Gasteiger partial charge in [-0.2, -0.15) is 0 Å². The Balaban J connectivity index is 0.00000400. The molecule has 0 aliphatic carbocycles. The van der Waals surface area contributed by atoms with Crippen LogP contribution in [-0.4, -0.2) is 30.1 Å². The van der Waals surface area contributed by atoms with Crippen molar-refractivity contribution in [3.63, 3.8) is 0 Å². The lowest BCUT2D eigenvalue weighted by Gasteiger charge is -2.25. The first kappa shape index (κ1) is 19.2. The fraction of sp³-hybridized carbons (Fsp3) is 0.467. The molecule has 5 nitrogen and oxygen atoms in total. The van der Waals surface area contributed by atoms with Gasteiger partial charge in [0.05, 0.1) is 0 Å². The van der Waals surface area contributed by atoms with Crippen LogP contribution in [0.15, 0.2) is 12.1 Å². The molecule has 21 heavy (non-hydrogen) atoms. The van der Waals surface area contributed by atoms with Crippen LogP contribution < -0.4 is 9.64 Å². The number of ether oxygens (including phenoxy) is 1. The van der Waals surface area contributed by atoms with Gasteiger partial charge in [0.25, 0.3) is 0 Å². The van der Waals surface area contributed by atoms with Gasteiger partial charge in [0.1, 0.15) is 5.56 Å². The van der Waals surface area contributed by atoms with Gasteiger partial charge in [-0.15, -0.1) is 12.4 Å². The average Bonchev–Trinajstić information content (AvgIpc) is 2.39. The van der Waals surface area contributed by atoms with Crippen molar-refractivity contribution < 1.29 is 19.4 Å². The zero-order valence-corrected chi connectivity index (χ0v) is 13.6. The molecule has 0 aliphatic rings. The summed E-state index contributed by atoms with van der Waals surface area (Å²) in [5.41, 5.74) is 1.69. The summed E-state index contributed by atoms with van der Waals surface area (Å²) in [4.78, 5) is 24.6. The van der Waals surface area contributed by atoms with E-state index in [4.69, 9.17) is 4.74 Å². The number of carbonyl (C=O) groups is 2. The second-order valence-corrected chi connectivity index (χ2v) is 4.36. The Bertz CT molecular complexity index is 513. The number of carbonyl (C=O) groups excluding carboxylic acids is 1. The number of nitrogens with zero attached hydrogens (tertiary/aromatic N) is 1. The van der Waals surface area contributed by atoms with E-state index in [0.717, 1.165) is 24.3 Å². The maximum atomic E-state index is 11.3. The maximum absolute atomic E-state index is 11.3. The molecule has 0 amide bonds. The van der Waals surface area contributed by atoms with Gasteiger partial charge in [-0.1, -0.05) is 6.92 Å². The van der Waals surface area contributed by atoms with E-state index in [-0.39, 0.29) is 23.7 Å². The van der Waals surface area contributed by atoms with Gasteiger partial charge >= 0.3 is 11.9 Å². The lowest BCUT2D eigenvalue weighted by molar-refractivity contribution is -0.131. The van der Waals surface area contributed by atoms with Crippen LogP contribution in [0.1, 0.15) is 43.6 Å². The van der Waals surface area contributed by atoms with Crippen molar-refractivity contribution in [3.05, 3.63) is 23.3 Å². The van der Waals surface area contributed by atoms with Crippen molar-refractivity contribution >= 4 is 30.0 Å². The Morgan fingerprint density at radius 2 is 1.76 bits per heavy atom. The molecule has 0 aromatic heterocycles. The number of anilines is 1. The largest absolute Gasteiger partial charge is 0.478 e. The van der Waals surface area contributed by atoms with Crippen molar-refractivity contribution in [3.8, 4) is 5.75 Å². The molecule has 0 atom stereocenters. The summed E-state index contributed by atoms with van der Waals surface area (Å²) in [5, 5.41) is 9.24. The van der Waals surface area contributed by atoms with Crippen LogP contribution in [0, 0.1) is 0 Å². The maximum Gasteiger partial charge on any atom is 0.339 e. The highest BCUT2D eigenvalue weighted by Gasteiger charge is 2.21. The second-order valence-electron chi connectivity index (χ2n) is 4.36. The zero-order chi connectivity index (χ0) is 15.3. The Morgan fingerprint density at radius 1 is 1.19 bits per heavy atom. The summed E-state index contributed by atoms with van der Waals surface area (Å²) < 4.78 is 5.16. The minimum Gasteiger partial charge on any atom is -0.478 e. The van der Waals surface area contributed by atoms with Crippen molar-refractivity contribution in [2.45, 2.75) is 34.1 Å². The van der Waals surface area contributed by atoms with Gasteiger partial charge in [-0.05, 0) is 32.4 Å². The summed E-state index contributed by atoms with van der Waals surface area (Å²) in [6.45, 7) is 8.85. The SMILES string of the molecule is CCc1c(N(CC)CC)ccc(C(=O)O)c1OC(C)=O.Cl. The predicted molar refractivity (Wildman–Crippen MR) is 84.9 cm³/mol. The van der Waals surface area contributed by atoms with Gasteiger partial charge in [0.2, 0.25) is 0 Å². The third kappa shape index (κ3) is 4.36. The van der Waals surface area contributed by atoms with E-state index in [0.29, 0.717) is 6.42 Å². The molecule has 0 fully saturated rings. The Hall–Kier alpha value is -1.75. The van der Waals surface area contributed by atoms with Gasteiger partial charge in [0, 0.05) is 31.3 Å². The van der Waals surface area contributed by atoms with Gasteiger partial charge in [0.15, 0.2) is 5.75 Å². The van der Waals surface area contributed by atoms with Crippen LogP contribution in [0.5, 0.6) is 5.75 Å². The van der Waals surface area contributed by atoms with E-state index in [1.807, 2.05) is 20.8 Å². The first-order valence-corrected chi connectivity index (χ1v) is 6.78. The monoisotopic (exact) mass is 315 g/mol. The smallest absolute Gasteiger partial charge is 0.339 e. The molecule has 0 bridgehead atoms. The fourth-order valence-electron chi connectivity index (χ4n) is 2.25. The molecule has 1 aromatic carbocycles. The van der Waals surface area contributed by atoms with Gasteiger partial charge in [-0.25, -0.2) is 4.79 Å². The Morgan fingerprint density at radius 3 is 2.14 bits per heavy atom. The normalized spacial score (nSPS) is 9.71. The number of esters is 1. The molecule has 0 spiro atoms. The number of carboxylic acids is 1. The number of carboxylic acid groups (broad SMARTS) is 1. The van der Waals surface area contributed by atoms with Gasteiger partial charge < -0.3 is 14.7 Å². The molecular weight excluding hydrogens is 294 g/mol. The second kappa shape index (κ2) is 8.52. The third-order valence-corrected chi connectivity index (χ3v) is 3.17. The number of hydrogen-bond acceptors (Lipinski definition) is 4. The third-order valence-electron chi connectivity index (χ3n) is 3.17. The fourth-order valence-corrected chi connectivity index (χ4v) is 2.25. The summed E-state index contributed by atoms with van der Waals surface area (Å²) >= 11 is 0. The number of aromatic carboxylic acids is 1. The number of benzene rings is 1. The Labute approximate surface area is 131 Å². The van der Waals surface area contributed by atoms with Crippen molar-refractivity contribution in [2.24, 2.45) is 0 Å². The summed E-state index contributed by atoms with van der Waals surface area (Å²) in [7, 11) is 0. The lowest BCUT2D eigenvalue weighted by Crippen LogP contribution is -2.24. The molecule has 1 rings (SSSR count). The molecule has 1 N–H and O–H groups in total. The number of halogens is 1. The van der Waals surface area contributed by atoms with Crippen LogP contribution in [0.3, 0.4) is 0 Å². The number of rotatable bonds is 6.